The highest BCUT2D eigenvalue weighted by Crippen LogP contribution is 2.25. The molecule has 2 aromatic carbocycles. The molecule has 2 aromatic rings. The Labute approximate surface area is 148 Å². The lowest BCUT2D eigenvalue weighted by molar-refractivity contribution is 0.318. The van der Waals surface area contributed by atoms with Gasteiger partial charge >= 0.3 is 0 Å². The summed E-state index contributed by atoms with van der Waals surface area (Å²) in [6.07, 6.45) is 0. The van der Waals surface area contributed by atoms with Crippen molar-refractivity contribution in [2.45, 2.75) is 25.5 Å². The Bertz CT molecular complexity index is 775. The van der Waals surface area contributed by atoms with E-state index in [4.69, 9.17) is 16.3 Å². The van der Waals surface area contributed by atoms with Gasteiger partial charge in [-0.1, -0.05) is 61.8 Å². The van der Waals surface area contributed by atoms with Crippen LogP contribution in [0.15, 0.2) is 48.5 Å². The number of para-hydroxylation sites is 1. The first-order valence-corrected chi connectivity index (χ1v) is 9.84. The number of hydrogen-bond donors (Lipinski definition) is 1. The average Bonchev–Trinajstić information content (AvgIpc) is 2.54. The number of ether oxygens (including phenoxy) is 1. The largest absolute Gasteiger partial charge is 0.492 e. The minimum atomic E-state index is -3.45. The van der Waals surface area contributed by atoms with Crippen LogP contribution in [0.5, 0.6) is 5.75 Å². The number of sulfonamides is 1. The average molecular weight is 368 g/mol. The molecule has 1 N–H and O–H groups in total. The lowest BCUT2D eigenvalue weighted by atomic mass is 10.0. The molecular formula is C18H22ClNO3S. The third-order valence-corrected chi connectivity index (χ3v) is 5.23. The van der Waals surface area contributed by atoms with E-state index in [2.05, 4.69) is 18.6 Å². The predicted molar refractivity (Wildman–Crippen MR) is 98.1 cm³/mol. The fourth-order valence-corrected chi connectivity index (χ4v) is 3.76. The summed E-state index contributed by atoms with van der Waals surface area (Å²) in [7, 11) is -3.45. The second-order valence-corrected chi connectivity index (χ2v) is 8.00. The highest BCUT2D eigenvalue weighted by molar-refractivity contribution is 7.88. The molecule has 0 spiro atoms. The Kier molecular flexibility index (Phi) is 6.66. The highest BCUT2D eigenvalue weighted by atomic mass is 35.5. The zero-order chi connectivity index (χ0) is 17.6. The standard InChI is InChI=1S/C18H22ClNO3S/c1-14(2)16-8-4-6-10-18(16)23-12-11-20-24(21,22)13-15-7-3-5-9-17(15)19/h3-10,14,20H,11-13H2,1-2H3. The molecule has 0 aliphatic carbocycles. The van der Waals surface area contributed by atoms with Gasteiger partial charge in [-0.2, -0.15) is 0 Å². The summed E-state index contributed by atoms with van der Waals surface area (Å²) in [5.41, 5.74) is 1.69. The zero-order valence-corrected chi connectivity index (χ0v) is 15.4. The molecule has 0 saturated carbocycles. The van der Waals surface area contributed by atoms with Crippen LogP contribution in [0.1, 0.15) is 30.9 Å². The number of benzene rings is 2. The molecule has 0 heterocycles. The summed E-state index contributed by atoms with van der Waals surface area (Å²) in [6, 6.07) is 14.7. The third kappa shape index (κ3) is 5.51. The van der Waals surface area contributed by atoms with Gasteiger partial charge in [0.2, 0.25) is 10.0 Å². The molecule has 0 aromatic heterocycles. The maximum atomic E-state index is 12.1. The van der Waals surface area contributed by atoms with Crippen molar-refractivity contribution < 1.29 is 13.2 Å². The van der Waals surface area contributed by atoms with E-state index in [-0.39, 0.29) is 18.9 Å². The Balaban J connectivity index is 1.87. The molecule has 0 radical (unpaired) electrons. The summed E-state index contributed by atoms with van der Waals surface area (Å²) in [6.45, 7) is 4.66. The molecule has 6 heteroatoms. The van der Waals surface area contributed by atoms with E-state index in [0.717, 1.165) is 11.3 Å². The first-order valence-electron chi connectivity index (χ1n) is 7.81. The van der Waals surface area contributed by atoms with Gasteiger partial charge in [0, 0.05) is 11.6 Å². The van der Waals surface area contributed by atoms with Crippen molar-refractivity contribution in [3.8, 4) is 5.75 Å². The summed E-state index contributed by atoms with van der Waals surface area (Å²) in [5.74, 6) is 0.992. The van der Waals surface area contributed by atoms with Crippen molar-refractivity contribution in [3.63, 3.8) is 0 Å². The van der Waals surface area contributed by atoms with Crippen LogP contribution >= 0.6 is 11.6 Å². The molecule has 0 atom stereocenters. The second-order valence-electron chi connectivity index (χ2n) is 5.79. The first-order chi connectivity index (χ1) is 11.4. The quantitative estimate of drug-likeness (QED) is 0.718. The van der Waals surface area contributed by atoms with Gasteiger partial charge in [-0.05, 0) is 29.2 Å². The van der Waals surface area contributed by atoms with Crippen LogP contribution in [-0.4, -0.2) is 21.6 Å². The smallest absolute Gasteiger partial charge is 0.215 e. The molecule has 130 valence electrons. The summed E-state index contributed by atoms with van der Waals surface area (Å²) in [5, 5.41) is 0.449. The minimum absolute atomic E-state index is 0.144. The molecule has 24 heavy (non-hydrogen) atoms. The van der Waals surface area contributed by atoms with Crippen LogP contribution in [0.25, 0.3) is 0 Å². The van der Waals surface area contributed by atoms with Crippen LogP contribution in [-0.2, 0) is 15.8 Å². The van der Waals surface area contributed by atoms with Gasteiger partial charge in [0.15, 0.2) is 0 Å². The molecule has 0 aliphatic rings. The number of nitrogens with one attached hydrogen (secondary N) is 1. The maximum absolute atomic E-state index is 12.1. The Morgan fingerprint density at radius 1 is 1.08 bits per heavy atom. The summed E-state index contributed by atoms with van der Waals surface area (Å²) >= 11 is 6.00. The van der Waals surface area contributed by atoms with Crippen molar-refractivity contribution in [2.75, 3.05) is 13.2 Å². The number of rotatable bonds is 8. The molecule has 0 amide bonds. The van der Waals surface area contributed by atoms with Crippen LogP contribution in [0.2, 0.25) is 5.02 Å². The van der Waals surface area contributed by atoms with E-state index in [1.807, 2.05) is 24.3 Å². The van der Waals surface area contributed by atoms with Gasteiger partial charge < -0.3 is 4.74 Å². The molecule has 2 rings (SSSR count). The fourth-order valence-electron chi connectivity index (χ4n) is 2.32. The van der Waals surface area contributed by atoms with Gasteiger partial charge in [0.25, 0.3) is 0 Å². The van der Waals surface area contributed by atoms with Gasteiger partial charge in [-0.25, -0.2) is 13.1 Å². The molecule has 0 bridgehead atoms. The van der Waals surface area contributed by atoms with Crippen LogP contribution in [0.4, 0.5) is 0 Å². The van der Waals surface area contributed by atoms with E-state index >= 15 is 0 Å². The lowest BCUT2D eigenvalue weighted by Gasteiger charge is -2.14. The second kappa shape index (κ2) is 8.51. The molecule has 0 aliphatic heterocycles. The normalized spacial score (nSPS) is 11.7. The van der Waals surface area contributed by atoms with E-state index in [1.54, 1.807) is 24.3 Å². The predicted octanol–water partition coefficient (Wildman–Crippen LogP) is 3.96. The van der Waals surface area contributed by atoms with Crippen molar-refractivity contribution >= 4 is 21.6 Å². The molecule has 0 fully saturated rings. The van der Waals surface area contributed by atoms with Crippen molar-refractivity contribution in [1.82, 2.24) is 4.72 Å². The van der Waals surface area contributed by atoms with Gasteiger partial charge in [-0.15, -0.1) is 0 Å². The van der Waals surface area contributed by atoms with Gasteiger partial charge in [0.05, 0.1) is 5.75 Å². The SMILES string of the molecule is CC(C)c1ccccc1OCCNS(=O)(=O)Cc1ccccc1Cl. The van der Waals surface area contributed by atoms with Crippen molar-refractivity contribution in [1.29, 1.82) is 0 Å². The van der Waals surface area contributed by atoms with Crippen molar-refractivity contribution in [2.24, 2.45) is 0 Å². The van der Waals surface area contributed by atoms with Crippen molar-refractivity contribution in [3.05, 3.63) is 64.7 Å². The first kappa shape index (κ1) is 18.8. The molecular weight excluding hydrogens is 346 g/mol. The van der Waals surface area contributed by atoms with Gasteiger partial charge in [0.1, 0.15) is 12.4 Å². The number of halogens is 1. The lowest BCUT2D eigenvalue weighted by Crippen LogP contribution is -2.29. The van der Waals surface area contributed by atoms with Crippen LogP contribution in [0.3, 0.4) is 0 Å². The Hall–Kier alpha value is -1.56. The number of hydrogen-bond acceptors (Lipinski definition) is 3. The summed E-state index contributed by atoms with van der Waals surface area (Å²) < 4.78 is 32.5. The van der Waals surface area contributed by atoms with Gasteiger partial charge in [-0.3, -0.25) is 0 Å². The highest BCUT2D eigenvalue weighted by Gasteiger charge is 2.13. The van der Waals surface area contributed by atoms with Crippen LogP contribution in [0, 0.1) is 0 Å². The molecule has 0 saturated heterocycles. The molecule has 0 unspecified atom stereocenters. The maximum Gasteiger partial charge on any atom is 0.215 e. The minimum Gasteiger partial charge on any atom is -0.492 e. The Morgan fingerprint density at radius 2 is 1.75 bits per heavy atom. The fraction of sp³-hybridized carbons (Fsp3) is 0.333. The third-order valence-electron chi connectivity index (χ3n) is 3.53. The van der Waals surface area contributed by atoms with E-state index in [0.29, 0.717) is 16.5 Å². The van der Waals surface area contributed by atoms with E-state index in [9.17, 15) is 8.42 Å². The van der Waals surface area contributed by atoms with E-state index in [1.165, 1.54) is 0 Å². The Morgan fingerprint density at radius 3 is 2.46 bits per heavy atom. The monoisotopic (exact) mass is 367 g/mol. The summed E-state index contributed by atoms with van der Waals surface area (Å²) in [4.78, 5) is 0. The van der Waals surface area contributed by atoms with E-state index < -0.39 is 10.0 Å². The molecule has 4 nitrogen and oxygen atoms in total. The topological polar surface area (TPSA) is 55.4 Å². The zero-order valence-electron chi connectivity index (χ0n) is 13.8. The van der Waals surface area contributed by atoms with Crippen LogP contribution < -0.4 is 9.46 Å².